The number of carbonyl (C=O) groups excluding carboxylic acids is 1. The lowest BCUT2D eigenvalue weighted by molar-refractivity contribution is 0.0963. The maximum absolute atomic E-state index is 13.1. The molecular weight excluding hydrogens is 373 g/mol. The van der Waals surface area contributed by atoms with Crippen LogP contribution in [-0.2, 0) is 6.42 Å². The standard InChI is InChI=1S/C20H20FN7O/c1-24-20(29)15-4-2-10-25-19(15)26-11-3-5-17-16(12-22)18(23)28(27-17)14-8-6-13(21)7-9-14/h2,4,6-10H,3,5,11,23H2,1H3,(H,24,29)(H,25,26). The average Bonchev–Trinajstić information content (AvgIpc) is 3.06. The van der Waals surface area contributed by atoms with Gasteiger partial charge in [0, 0.05) is 19.8 Å². The lowest BCUT2D eigenvalue weighted by Gasteiger charge is -2.09. The number of nitrogen functional groups attached to an aromatic ring is 1. The van der Waals surface area contributed by atoms with E-state index in [4.69, 9.17) is 5.73 Å². The lowest BCUT2D eigenvalue weighted by Crippen LogP contribution is -2.20. The number of halogens is 1. The zero-order chi connectivity index (χ0) is 20.8. The summed E-state index contributed by atoms with van der Waals surface area (Å²) in [5, 5.41) is 19.6. The van der Waals surface area contributed by atoms with Crippen molar-refractivity contribution in [1.29, 1.82) is 5.26 Å². The molecule has 0 atom stereocenters. The fourth-order valence-electron chi connectivity index (χ4n) is 2.88. The van der Waals surface area contributed by atoms with E-state index >= 15 is 0 Å². The predicted molar refractivity (Wildman–Crippen MR) is 107 cm³/mol. The van der Waals surface area contributed by atoms with Crippen molar-refractivity contribution in [3.8, 4) is 11.8 Å². The van der Waals surface area contributed by atoms with Gasteiger partial charge in [-0.2, -0.15) is 10.4 Å². The second-order valence-corrected chi connectivity index (χ2v) is 6.22. The van der Waals surface area contributed by atoms with Crippen molar-refractivity contribution >= 4 is 17.5 Å². The van der Waals surface area contributed by atoms with E-state index in [2.05, 4.69) is 26.8 Å². The first-order valence-corrected chi connectivity index (χ1v) is 8.99. The van der Waals surface area contributed by atoms with Crippen molar-refractivity contribution in [2.75, 3.05) is 24.6 Å². The number of aryl methyl sites for hydroxylation is 1. The van der Waals surface area contributed by atoms with E-state index in [1.54, 1.807) is 37.5 Å². The smallest absolute Gasteiger partial charge is 0.254 e. The molecule has 0 aliphatic carbocycles. The van der Waals surface area contributed by atoms with Crippen molar-refractivity contribution < 1.29 is 9.18 Å². The van der Waals surface area contributed by atoms with Gasteiger partial charge in [-0.15, -0.1) is 0 Å². The third-order valence-corrected chi connectivity index (χ3v) is 4.34. The number of carbonyl (C=O) groups is 1. The molecule has 0 fully saturated rings. The van der Waals surface area contributed by atoms with Gasteiger partial charge in [0.2, 0.25) is 0 Å². The molecular formula is C20H20FN7O. The van der Waals surface area contributed by atoms with Crippen molar-refractivity contribution in [2.24, 2.45) is 0 Å². The molecule has 8 nitrogen and oxygen atoms in total. The Balaban J connectivity index is 1.69. The molecule has 3 rings (SSSR count). The second kappa shape index (κ2) is 8.84. The number of hydrogen-bond donors (Lipinski definition) is 3. The summed E-state index contributed by atoms with van der Waals surface area (Å²) in [6, 6.07) is 11.2. The molecule has 0 saturated carbocycles. The number of nitrogens with two attached hydrogens (primary N) is 1. The minimum absolute atomic E-state index is 0.216. The number of rotatable bonds is 7. The zero-order valence-corrected chi connectivity index (χ0v) is 15.8. The molecule has 0 spiro atoms. The van der Waals surface area contributed by atoms with Gasteiger partial charge in [0.05, 0.1) is 16.9 Å². The molecule has 0 saturated heterocycles. The van der Waals surface area contributed by atoms with Gasteiger partial charge in [-0.25, -0.2) is 14.1 Å². The molecule has 3 aromatic rings. The Bertz CT molecular complexity index is 1050. The van der Waals surface area contributed by atoms with E-state index in [1.807, 2.05) is 0 Å². The number of nitrogens with one attached hydrogen (secondary N) is 2. The van der Waals surface area contributed by atoms with E-state index in [-0.39, 0.29) is 17.5 Å². The van der Waals surface area contributed by atoms with E-state index in [9.17, 15) is 14.4 Å². The quantitative estimate of drug-likeness (QED) is 0.530. The topological polar surface area (TPSA) is 122 Å². The highest BCUT2D eigenvalue weighted by Crippen LogP contribution is 2.22. The van der Waals surface area contributed by atoms with Gasteiger partial charge in [-0.05, 0) is 49.2 Å². The number of benzene rings is 1. The van der Waals surface area contributed by atoms with E-state index in [0.717, 1.165) is 0 Å². The third kappa shape index (κ3) is 4.32. The second-order valence-electron chi connectivity index (χ2n) is 6.22. The Morgan fingerprint density at radius 3 is 2.76 bits per heavy atom. The Labute approximate surface area is 167 Å². The monoisotopic (exact) mass is 393 g/mol. The summed E-state index contributed by atoms with van der Waals surface area (Å²) in [5.41, 5.74) is 7.96. The summed E-state index contributed by atoms with van der Waals surface area (Å²) in [6.45, 7) is 0.523. The molecule has 148 valence electrons. The van der Waals surface area contributed by atoms with Crippen LogP contribution in [-0.4, -0.2) is 34.3 Å². The molecule has 0 aliphatic rings. The molecule has 0 aliphatic heterocycles. The first-order chi connectivity index (χ1) is 14.0. The van der Waals surface area contributed by atoms with Crippen LogP contribution < -0.4 is 16.4 Å². The van der Waals surface area contributed by atoms with E-state index in [0.29, 0.717) is 47.7 Å². The van der Waals surface area contributed by atoms with Crippen LogP contribution in [0, 0.1) is 17.1 Å². The largest absolute Gasteiger partial charge is 0.382 e. The molecule has 4 N–H and O–H groups in total. The third-order valence-electron chi connectivity index (χ3n) is 4.34. The molecule has 1 aromatic carbocycles. The Morgan fingerprint density at radius 1 is 1.31 bits per heavy atom. The van der Waals surface area contributed by atoms with Crippen molar-refractivity contribution in [3.05, 3.63) is 65.2 Å². The Morgan fingerprint density at radius 2 is 2.07 bits per heavy atom. The van der Waals surface area contributed by atoms with Crippen LogP contribution in [0.1, 0.15) is 28.0 Å². The summed E-state index contributed by atoms with van der Waals surface area (Å²) in [7, 11) is 1.56. The molecule has 9 heteroatoms. The van der Waals surface area contributed by atoms with Crippen LogP contribution in [0.2, 0.25) is 0 Å². The van der Waals surface area contributed by atoms with E-state index < -0.39 is 0 Å². The van der Waals surface area contributed by atoms with Gasteiger partial charge in [0.15, 0.2) is 0 Å². The van der Waals surface area contributed by atoms with Crippen molar-refractivity contribution in [1.82, 2.24) is 20.1 Å². The molecule has 29 heavy (non-hydrogen) atoms. The van der Waals surface area contributed by atoms with Crippen molar-refractivity contribution in [3.63, 3.8) is 0 Å². The number of anilines is 2. The zero-order valence-electron chi connectivity index (χ0n) is 15.8. The van der Waals surface area contributed by atoms with Crippen LogP contribution in [0.4, 0.5) is 16.0 Å². The number of hydrogen-bond acceptors (Lipinski definition) is 6. The molecule has 2 aromatic heterocycles. The summed E-state index contributed by atoms with van der Waals surface area (Å²) in [5.74, 6) is 0.118. The fourth-order valence-corrected chi connectivity index (χ4v) is 2.88. The maximum Gasteiger partial charge on any atom is 0.254 e. The van der Waals surface area contributed by atoms with Gasteiger partial charge in [0.1, 0.15) is 29.1 Å². The first kappa shape index (κ1) is 19.8. The Kier molecular flexibility index (Phi) is 6.04. The number of nitrogens with zero attached hydrogens (tertiary/aromatic N) is 4. The van der Waals surface area contributed by atoms with Crippen molar-refractivity contribution in [2.45, 2.75) is 12.8 Å². The summed E-state index contributed by atoms with van der Waals surface area (Å²) in [4.78, 5) is 16.1. The molecule has 2 heterocycles. The minimum atomic E-state index is -0.364. The highest BCUT2D eigenvalue weighted by molar-refractivity contribution is 5.98. The van der Waals surface area contributed by atoms with Gasteiger partial charge >= 0.3 is 0 Å². The average molecular weight is 393 g/mol. The fraction of sp³-hybridized carbons (Fsp3) is 0.200. The summed E-state index contributed by atoms with van der Waals surface area (Å²) >= 11 is 0. The van der Waals surface area contributed by atoms with Crippen LogP contribution in [0.5, 0.6) is 0 Å². The van der Waals surface area contributed by atoms with Crippen LogP contribution in [0.15, 0.2) is 42.6 Å². The highest BCUT2D eigenvalue weighted by Gasteiger charge is 2.16. The van der Waals surface area contributed by atoms with Gasteiger partial charge < -0.3 is 16.4 Å². The number of aromatic nitrogens is 3. The summed E-state index contributed by atoms with van der Waals surface area (Å²) in [6.07, 6.45) is 2.74. The Hall–Kier alpha value is -3.93. The molecule has 1 amide bonds. The SMILES string of the molecule is CNC(=O)c1cccnc1NCCCc1nn(-c2ccc(F)cc2)c(N)c1C#N. The molecule has 0 radical (unpaired) electrons. The predicted octanol–water partition coefficient (Wildman–Crippen LogP) is 2.26. The maximum atomic E-state index is 13.1. The minimum Gasteiger partial charge on any atom is -0.382 e. The molecule has 0 unspecified atom stereocenters. The lowest BCUT2D eigenvalue weighted by atomic mass is 10.1. The van der Waals surface area contributed by atoms with Crippen LogP contribution >= 0.6 is 0 Å². The molecule has 0 bridgehead atoms. The van der Waals surface area contributed by atoms with E-state index in [1.165, 1.54) is 16.8 Å². The number of nitriles is 1. The van der Waals surface area contributed by atoms with Gasteiger partial charge in [-0.1, -0.05) is 0 Å². The highest BCUT2D eigenvalue weighted by atomic mass is 19.1. The van der Waals surface area contributed by atoms with Crippen LogP contribution in [0.3, 0.4) is 0 Å². The first-order valence-electron chi connectivity index (χ1n) is 8.99. The summed E-state index contributed by atoms with van der Waals surface area (Å²) < 4.78 is 14.6. The number of amides is 1. The van der Waals surface area contributed by atoms with Gasteiger partial charge in [-0.3, -0.25) is 4.79 Å². The number of pyridine rings is 1. The van der Waals surface area contributed by atoms with Crippen LogP contribution in [0.25, 0.3) is 5.69 Å². The normalized spacial score (nSPS) is 10.4. The van der Waals surface area contributed by atoms with Gasteiger partial charge in [0.25, 0.3) is 5.91 Å².